The molecule has 4 heteroatoms. The first-order valence-electron chi connectivity index (χ1n) is 21.4. The van der Waals surface area contributed by atoms with E-state index in [-0.39, 0.29) is 11.8 Å². The molecule has 0 bridgehead atoms. The predicted molar refractivity (Wildman–Crippen MR) is 260 cm³/mol. The lowest BCUT2D eigenvalue weighted by Gasteiger charge is -2.26. The standard InChI is InChI=1S/C57H42N2S2/c1-34-31-41(44-30-28-42-32-39-15-6-7-16-40(39)33-49(42)56-52(44)48-18-9-11-22-51(48)61-56)27-29-43(34)54-35(2)53(58-57(59-54)38-13-4-3-5-14-38)37-25-23-36(24-26-37)45-19-12-20-47-46-17-8-10-21-50(46)60-55(45)47/h3-27,29-31,34,43H,28,32-33H2,1-2H3. The maximum atomic E-state index is 5.40. The number of aromatic nitrogens is 2. The Morgan fingerprint density at radius 3 is 2.10 bits per heavy atom. The van der Waals surface area contributed by atoms with Crippen molar-refractivity contribution in [1.82, 2.24) is 9.97 Å². The first-order chi connectivity index (χ1) is 30.1. The van der Waals surface area contributed by atoms with E-state index in [4.69, 9.17) is 9.97 Å². The summed E-state index contributed by atoms with van der Waals surface area (Å²) < 4.78 is 4.02. The zero-order valence-corrected chi connectivity index (χ0v) is 35.8. The van der Waals surface area contributed by atoms with Gasteiger partial charge in [-0.15, -0.1) is 22.7 Å². The molecule has 3 aliphatic rings. The molecule has 292 valence electrons. The van der Waals surface area contributed by atoms with Crippen molar-refractivity contribution < 1.29 is 0 Å². The molecule has 6 aromatic carbocycles. The molecular formula is C57H42N2S2. The summed E-state index contributed by atoms with van der Waals surface area (Å²) in [5.41, 5.74) is 18.0. The van der Waals surface area contributed by atoms with Crippen LogP contribution in [0.3, 0.4) is 0 Å². The number of benzene rings is 6. The van der Waals surface area contributed by atoms with Gasteiger partial charge in [-0.3, -0.25) is 0 Å². The third kappa shape index (κ3) is 6.11. The SMILES string of the molecule is Cc1c(-c2ccc(-c3cccc4c3sc3ccccc34)cc2)nc(-c2ccccc2)nc1C1C=CC(C2=CCC3=C(Cc4ccccc4C3)c3sc4ccccc4c32)=CC1C. The number of hydrogen-bond donors (Lipinski definition) is 0. The molecule has 3 aromatic heterocycles. The molecule has 2 nitrogen and oxygen atoms in total. The van der Waals surface area contributed by atoms with Crippen molar-refractivity contribution in [2.24, 2.45) is 5.92 Å². The van der Waals surface area contributed by atoms with E-state index in [0.29, 0.717) is 0 Å². The van der Waals surface area contributed by atoms with Gasteiger partial charge in [-0.25, -0.2) is 9.97 Å². The lowest BCUT2D eigenvalue weighted by atomic mass is 9.80. The van der Waals surface area contributed by atoms with Gasteiger partial charge in [0, 0.05) is 57.7 Å². The number of nitrogens with zero attached hydrogens (tertiary/aromatic N) is 2. The summed E-state index contributed by atoms with van der Waals surface area (Å²) in [6.07, 6.45) is 12.9. The van der Waals surface area contributed by atoms with E-state index in [2.05, 4.69) is 184 Å². The van der Waals surface area contributed by atoms with E-state index >= 15 is 0 Å². The number of allylic oxidation sites excluding steroid dienone is 8. The molecule has 61 heavy (non-hydrogen) atoms. The van der Waals surface area contributed by atoms with Crippen molar-refractivity contribution in [3.63, 3.8) is 0 Å². The van der Waals surface area contributed by atoms with Crippen LogP contribution in [0.15, 0.2) is 181 Å². The fourth-order valence-electron chi connectivity index (χ4n) is 10.1. The Morgan fingerprint density at radius 1 is 0.607 bits per heavy atom. The molecule has 9 aromatic rings. The fraction of sp³-hybridized carbons (Fsp3) is 0.123. The van der Waals surface area contributed by atoms with E-state index in [1.807, 2.05) is 22.7 Å². The summed E-state index contributed by atoms with van der Waals surface area (Å²) in [5.74, 6) is 1.09. The van der Waals surface area contributed by atoms with E-state index in [9.17, 15) is 0 Å². The summed E-state index contributed by atoms with van der Waals surface area (Å²) in [6.45, 7) is 4.58. The van der Waals surface area contributed by atoms with E-state index in [1.165, 1.54) is 79.7 Å². The molecule has 3 heterocycles. The topological polar surface area (TPSA) is 25.8 Å². The summed E-state index contributed by atoms with van der Waals surface area (Å²) in [4.78, 5) is 12.2. The molecule has 0 amide bonds. The molecule has 2 atom stereocenters. The lowest BCUT2D eigenvalue weighted by molar-refractivity contribution is 0.613. The molecule has 2 unspecified atom stereocenters. The van der Waals surface area contributed by atoms with Crippen molar-refractivity contribution >= 4 is 64.1 Å². The van der Waals surface area contributed by atoms with Gasteiger partial charge in [0.15, 0.2) is 5.82 Å². The maximum Gasteiger partial charge on any atom is 0.160 e. The highest BCUT2D eigenvalue weighted by molar-refractivity contribution is 7.26. The fourth-order valence-corrected chi connectivity index (χ4v) is 12.6. The van der Waals surface area contributed by atoms with Gasteiger partial charge in [0.25, 0.3) is 0 Å². The van der Waals surface area contributed by atoms with Gasteiger partial charge >= 0.3 is 0 Å². The third-order valence-electron chi connectivity index (χ3n) is 13.2. The van der Waals surface area contributed by atoms with E-state index in [1.54, 1.807) is 5.57 Å². The monoisotopic (exact) mass is 818 g/mol. The highest BCUT2D eigenvalue weighted by Crippen LogP contribution is 2.50. The van der Waals surface area contributed by atoms with Gasteiger partial charge in [0.05, 0.1) is 11.4 Å². The van der Waals surface area contributed by atoms with E-state index in [0.717, 1.165) is 53.2 Å². The first-order valence-corrected chi connectivity index (χ1v) is 23.0. The quantitative estimate of drug-likeness (QED) is 0.173. The normalized spacial score (nSPS) is 17.2. The highest BCUT2D eigenvalue weighted by Gasteiger charge is 2.31. The number of hydrogen-bond acceptors (Lipinski definition) is 4. The Hall–Kier alpha value is -6.46. The summed E-state index contributed by atoms with van der Waals surface area (Å²) >= 11 is 3.85. The molecule has 0 radical (unpaired) electrons. The van der Waals surface area contributed by atoms with Crippen molar-refractivity contribution in [3.8, 4) is 33.8 Å². The zero-order chi connectivity index (χ0) is 40.6. The second-order valence-corrected chi connectivity index (χ2v) is 18.9. The molecular weight excluding hydrogens is 777 g/mol. The third-order valence-corrected chi connectivity index (χ3v) is 15.7. The van der Waals surface area contributed by atoms with Crippen LogP contribution in [0.5, 0.6) is 0 Å². The predicted octanol–water partition coefficient (Wildman–Crippen LogP) is 15.6. The molecule has 0 spiro atoms. The lowest BCUT2D eigenvalue weighted by Crippen LogP contribution is -2.15. The Bertz CT molecular complexity index is 3350. The molecule has 0 N–H and O–H groups in total. The minimum Gasteiger partial charge on any atom is -0.232 e. The largest absolute Gasteiger partial charge is 0.232 e. The average molecular weight is 819 g/mol. The first kappa shape index (κ1) is 36.4. The Labute approximate surface area is 364 Å². The van der Waals surface area contributed by atoms with Gasteiger partial charge in [-0.05, 0) is 88.8 Å². The number of fused-ring (bicyclic) bond motifs is 8. The Balaban J connectivity index is 0.920. The molecule has 3 aliphatic carbocycles. The van der Waals surface area contributed by atoms with Crippen LogP contribution in [0, 0.1) is 12.8 Å². The second-order valence-electron chi connectivity index (χ2n) is 16.8. The molecule has 0 aliphatic heterocycles. The van der Waals surface area contributed by atoms with Crippen LogP contribution in [-0.2, 0) is 12.8 Å². The van der Waals surface area contributed by atoms with Crippen LogP contribution in [0.2, 0.25) is 0 Å². The van der Waals surface area contributed by atoms with Crippen molar-refractivity contribution in [3.05, 3.63) is 214 Å². The summed E-state index contributed by atoms with van der Waals surface area (Å²) in [7, 11) is 0. The highest BCUT2D eigenvalue weighted by atomic mass is 32.1. The van der Waals surface area contributed by atoms with Gasteiger partial charge in [0.1, 0.15) is 0 Å². The molecule has 0 saturated carbocycles. The van der Waals surface area contributed by atoms with Gasteiger partial charge in [-0.1, -0.05) is 170 Å². The van der Waals surface area contributed by atoms with Crippen LogP contribution in [0.1, 0.15) is 52.1 Å². The second kappa shape index (κ2) is 14.6. The van der Waals surface area contributed by atoms with Crippen molar-refractivity contribution in [2.45, 2.75) is 39.0 Å². The van der Waals surface area contributed by atoms with Gasteiger partial charge < -0.3 is 0 Å². The van der Waals surface area contributed by atoms with Crippen molar-refractivity contribution in [1.29, 1.82) is 0 Å². The minimum absolute atomic E-state index is 0.101. The van der Waals surface area contributed by atoms with Crippen LogP contribution in [0.25, 0.3) is 75.2 Å². The van der Waals surface area contributed by atoms with Gasteiger partial charge in [0.2, 0.25) is 0 Å². The van der Waals surface area contributed by atoms with Crippen LogP contribution in [0.4, 0.5) is 0 Å². The molecule has 12 rings (SSSR count). The van der Waals surface area contributed by atoms with Gasteiger partial charge in [-0.2, -0.15) is 0 Å². The Kier molecular flexibility index (Phi) is 8.72. The average Bonchev–Trinajstić information content (AvgIpc) is 3.84. The summed E-state index contributed by atoms with van der Waals surface area (Å²) in [5, 5.41) is 4.00. The maximum absolute atomic E-state index is 5.40. The smallest absolute Gasteiger partial charge is 0.160 e. The van der Waals surface area contributed by atoms with Crippen LogP contribution in [-0.4, -0.2) is 9.97 Å². The molecule has 0 fully saturated rings. The molecule has 0 saturated heterocycles. The van der Waals surface area contributed by atoms with Crippen LogP contribution < -0.4 is 0 Å². The Morgan fingerprint density at radius 2 is 1.30 bits per heavy atom. The van der Waals surface area contributed by atoms with Crippen molar-refractivity contribution in [2.75, 3.05) is 0 Å². The van der Waals surface area contributed by atoms with E-state index < -0.39 is 0 Å². The minimum atomic E-state index is 0.101. The number of thiophene rings is 2. The van der Waals surface area contributed by atoms with Crippen LogP contribution >= 0.6 is 22.7 Å². The zero-order valence-electron chi connectivity index (χ0n) is 34.2. The summed E-state index contributed by atoms with van der Waals surface area (Å²) in [6, 6.07) is 53.0. The number of rotatable bonds is 5.